The molecule has 0 amide bonds. The van der Waals surface area contributed by atoms with E-state index in [1.165, 1.54) is 22.8 Å². The van der Waals surface area contributed by atoms with Gasteiger partial charge >= 0.3 is 10.3 Å². The summed E-state index contributed by atoms with van der Waals surface area (Å²) < 4.78 is 33.5. The van der Waals surface area contributed by atoms with Crippen LogP contribution in [-0.4, -0.2) is 57.8 Å². The quantitative estimate of drug-likeness (QED) is 0.382. The van der Waals surface area contributed by atoms with Gasteiger partial charge in [0, 0.05) is 18.6 Å². The summed E-state index contributed by atoms with van der Waals surface area (Å²) in [7, 11) is -4.15. The summed E-state index contributed by atoms with van der Waals surface area (Å²) in [6.45, 7) is -0.420. The first-order valence-electron chi connectivity index (χ1n) is 7.79. The number of aliphatic hydroxyl groups excluding tert-OH is 1. The largest absolute Gasteiger partial charge is 0.390 e. The molecule has 146 valence electrons. The van der Waals surface area contributed by atoms with Crippen LogP contribution < -0.4 is 10.9 Å². The molecule has 0 aliphatic carbocycles. The monoisotopic (exact) mass is 415 g/mol. The Kier molecular flexibility index (Phi) is 5.79. The Morgan fingerprint density at radius 2 is 2.30 bits per heavy atom. The van der Waals surface area contributed by atoms with Crippen molar-refractivity contribution in [1.29, 1.82) is 5.26 Å². The van der Waals surface area contributed by atoms with Crippen molar-refractivity contribution < 1.29 is 22.4 Å². The zero-order chi connectivity index (χ0) is 19.6. The average molecular weight is 415 g/mol. The molecule has 0 unspecified atom stereocenters. The van der Waals surface area contributed by atoms with Crippen molar-refractivity contribution in [2.75, 3.05) is 18.1 Å². The predicted molar refractivity (Wildman–Crippen MR) is 94.3 cm³/mol. The summed E-state index contributed by atoms with van der Waals surface area (Å²) in [5, 5.41) is 29.2. The number of anilines is 1. The van der Waals surface area contributed by atoms with Crippen LogP contribution in [0.5, 0.6) is 0 Å². The van der Waals surface area contributed by atoms with E-state index in [0.29, 0.717) is 28.2 Å². The van der Waals surface area contributed by atoms with Crippen LogP contribution in [0.15, 0.2) is 11.4 Å². The second-order valence-electron chi connectivity index (χ2n) is 5.67. The van der Waals surface area contributed by atoms with Gasteiger partial charge in [-0.2, -0.15) is 18.8 Å². The van der Waals surface area contributed by atoms with Crippen molar-refractivity contribution in [3.05, 3.63) is 6.33 Å². The predicted octanol–water partition coefficient (Wildman–Crippen LogP) is -0.717. The lowest BCUT2D eigenvalue weighted by Gasteiger charge is -2.14. The molecule has 1 fully saturated rings. The van der Waals surface area contributed by atoms with Crippen LogP contribution in [0.3, 0.4) is 0 Å². The number of hydrogen-bond donors (Lipinski definition) is 3. The molecule has 1 saturated heterocycles. The first kappa shape index (κ1) is 19.7. The number of nitriles is 1. The number of nitrogens with zero attached hydrogens (tertiary/aromatic N) is 5. The SMILES string of the molecule is N#CCCSc1nn([C@H]2C[C@H](O)[C@@H](COS(N)(=O)=O)O2)c2ncnc(N)c12. The third-order valence-electron chi connectivity index (χ3n) is 3.81. The third kappa shape index (κ3) is 4.46. The Balaban J connectivity index is 1.86. The zero-order valence-electron chi connectivity index (χ0n) is 13.9. The van der Waals surface area contributed by atoms with E-state index < -0.39 is 35.3 Å². The topological polar surface area (TPSA) is 192 Å². The summed E-state index contributed by atoms with van der Waals surface area (Å²) in [5.74, 6) is 0.744. The lowest BCUT2D eigenvalue weighted by molar-refractivity contribution is -0.0415. The van der Waals surface area contributed by atoms with E-state index in [0.717, 1.165) is 0 Å². The second kappa shape index (κ2) is 7.92. The van der Waals surface area contributed by atoms with Crippen molar-refractivity contribution in [2.45, 2.75) is 36.3 Å². The summed E-state index contributed by atoms with van der Waals surface area (Å²) in [6.07, 6.45) is -0.839. The molecule has 3 heterocycles. The van der Waals surface area contributed by atoms with Gasteiger partial charge in [0.25, 0.3) is 0 Å². The third-order valence-corrected chi connectivity index (χ3v) is 5.24. The van der Waals surface area contributed by atoms with Crippen molar-refractivity contribution in [1.82, 2.24) is 19.7 Å². The van der Waals surface area contributed by atoms with Crippen LogP contribution in [0.1, 0.15) is 19.1 Å². The van der Waals surface area contributed by atoms with Gasteiger partial charge in [-0.15, -0.1) is 11.8 Å². The fourth-order valence-corrected chi connectivity index (χ4v) is 3.83. The Bertz CT molecular complexity index is 973. The number of nitrogen functional groups attached to an aromatic ring is 1. The van der Waals surface area contributed by atoms with Gasteiger partial charge in [-0.25, -0.2) is 19.8 Å². The number of thioether (sulfide) groups is 1. The number of aromatic nitrogens is 4. The van der Waals surface area contributed by atoms with Gasteiger partial charge in [0.1, 0.15) is 23.3 Å². The molecule has 12 nitrogen and oxygen atoms in total. The molecule has 1 aliphatic rings. The fraction of sp³-hybridized carbons (Fsp3) is 0.538. The summed E-state index contributed by atoms with van der Waals surface area (Å²) in [6, 6.07) is 2.05. The molecule has 2 aromatic rings. The molecule has 5 N–H and O–H groups in total. The van der Waals surface area contributed by atoms with E-state index >= 15 is 0 Å². The molecule has 3 rings (SSSR count). The van der Waals surface area contributed by atoms with Crippen LogP contribution in [-0.2, 0) is 19.2 Å². The highest BCUT2D eigenvalue weighted by Gasteiger charge is 2.37. The van der Waals surface area contributed by atoms with E-state index in [4.69, 9.17) is 20.9 Å². The van der Waals surface area contributed by atoms with Crippen molar-refractivity contribution in [3.8, 4) is 6.07 Å². The minimum absolute atomic E-state index is 0.141. The molecule has 0 saturated carbocycles. The number of aliphatic hydroxyl groups is 1. The summed E-state index contributed by atoms with van der Waals surface area (Å²) in [5.41, 5.74) is 6.36. The Morgan fingerprint density at radius 1 is 1.52 bits per heavy atom. The summed E-state index contributed by atoms with van der Waals surface area (Å²) >= 11 is 1.33. The molecule has 1 aliphatic heterocycles. The Morgan fingerprint density at radius 3 is 3.00 bits per heavy atom. The molecule has 2 aromatic heterocycles. The molecule has 0 spiro atoms. The lowest BCUT2D eigenvalue weighted by atomic mass is 10.2. The highest BCUT2D eigenvalue weighted by Crippen LogP contribution is 2.35. The van der Waals surface area contributed by atoms with Gasteiger partial charge in [-0.05, 0) is 0 Å². The highest BCUT2D eigenvalue weighted by atomic mass is 32.2. The lowest BCUT2D eigenvalue weighted by Crippen LogP contribution is -2.30. The van der Waals surface area contributed by atoms with Crippen LogP contribution in [0, 0.1) is 11.3 Å². The smallest absolute Gasteiger partial charge is 0.333 e. The number of fused-ring (bicyclic) bond motifs is 1. The highest BCUT2D eigenvalue weighted by molar-refractivity contribution is 7.99. The van der Waals surface area contributed by atoms with Crippen molar-refractivity contribution >= 4 is 38.9 Å². The van der Waals surface area contributed by atoms with E-state index in [1.807, 2.05) is 0 Å². The van der Waals surface area contributed by atoms with E-state index in [9.17, 15) is 13.5 Å². The Hall–Kier alpha value is -2.02. The molecule has 0 bridgehead atoms. The number of nitrogens with two attached hydrogens (primary N) is 2. The standard InChI is InChI=1S/C13H17N7O5S2/c14-2-1-3-26-13-10-11(15)17-6-18-12(10)20(19-13)9-4-7(21)8(25-9)5-24-27(16,22)23/h6-9,21H,1,3-5H2,(H2,15,17,18)(H2,16,22,23)/t7-,8+,9+/m0/s1. The fourth-order valence-electron chi connectivity index (χ4n) is 2.63. The number of ether oxygens (including phenoxy) is 1. The normalized spacial score (nSPS) is 22.9. The molecule has 3 atom stereocenters. The molecular weight excluding hydrogens is 398 g/mol. The zero-order valence-corrected chi connectivity index (χ0v) is 15.6. The van der Waals surface area contributed by atoms with E-state index in [2.05, 4.69) is 25.3 Å². The van der Waals surface area contributed by atoms with Gasteiger partial charge in [0.15, 0.2) is 11.9 Å². The summed E-state index contributed by atoms with van der Waals surface area (Å²) in [4.78, 5) is 8.16. The average Bonchev–Trinajstić information content (AvgIpc) is 3.14. The van der Waals surface area contributed by atoms with Crippen molar-refractivity contribution in [3.63, 3.8) is 0 Å². The van der Waals surface area contributed by atoms with Gasteiger partial charge in [-0.1, -0.05) is 0 Å². The Labute approximate surface area is 158 Å². The van der Waals surface area contributed by atoms with Crippen LogP contribution in [0.4, 0.5) is 5.82 Å². The van der Waals surface area contributed by atoms with Crippen LogP contribution in [0.2, 0.25) is 0 Å². The second-order valence-corrected chi connectivity index (χ2v) is 7.98. The van der Waals surface area contributed by atoms with Gasteiger partial charge < -0.3 is 15.6 Å². The van der Waals surface area contributed by atoms with Gasteiger partial charge in [0.05, 0.1) is 24.2 Å². The minimum Gasteiger partial charge on any atom is -0.390 e. The van der Waals surface area contributed by atoms with Crippen LogP contribution >= 0.6 is 11.8 Å². The molecule has 14 heteroatoms. The van der Waals surface area contributed by atoms with Gasteiger partial charge in [-0.3, -0.25) is 4.18 Å². The first-order chi connectivity index (χ1) is 12.8. The van der Waals surface area contributed by atoms with Gasteiger partial charge in [0.2, 0.25) is 0 Å². The van der Waals surface area contributed by atoms with E-state index in [1.54, 1.807) is 0 Å². The first-order valence-corrected chi connectivity index (χ1v) is 10.2. The number of rotatable bonds is 7. The molecule has 0 aromatic carbocycles. The number of hydrogen-bond acceptors (Lipinski definition) is 11. The molecular formula is C13H17N7O5S2. The molecule has 27 heavy (non-hydrogen) atoms. The van der Waals surface area contributed by atoms with Crippen molar-refractivity contribution in [2.24, 2.45) is 5.14 Å². The molecule has 0 radical (unpaired) electrons. The van der Waals surface area contributed by atoms with E-state index in [-0.39, 0.29) is 12.2 Å². The maximum Gasteiger partial charge on any atom is 0.333 e. The van der Waals surface area contributed by atoms with Crippen LogP contribution in [0.25, 0.3) is 11.0 Å². The maximum absolute atomic E-state index is 10.9. The maximum atomic E-state index is 10.9. The minimum atomic E-state index is -4.15.